The van der Waals surface area contributed by atoms with Gasteiger partial charge in [0.15, 0.2) is 5.79 Å². The van der Waals surface area contributed by atoms with E-state index in [1.807, 2.05) is 43.1 Å². The number of aromatic amines is 1. The summed E-state index contributed by atoms with van der Waals surface area (Å²) in [5.74, 6) is 0.146. The fraction of sp³-hybridized carbons (Fsp3) is 0.500. The summed E-state index contributed by atoms with van der Waals surface area (Å²) in [6, 6.07) is 8.15. The molecule has 3 heterocycles. The molecule has 2 aliphatic rings. The Morgan fingerprint density at radius 2 is 1.96 bits per heavy atom. The van der Waals surface area contributed by atoms with Crippen LogP contribution in [0.25, 0.3) is 10.9 Å². The first-order valence-electron chi connectivity index (χ1n) is 8.21. The Hall–Kier alpha value is -1.50. The fourth-order valence-electron chi connectivity index (χ4n) is 3.25. The number of para-hydroxylation sites is 1. The van der Waals surface area contributed by atoms with E-state index in [1.165, 1.54) is 5.39 Å². The van der Waals surface area contributed by atoms with Gasteiger partial charge in [-0.3, -0.25) is 4.79 Å². The average Bonchev–Trinajstić information content (AvgIpc) is 2.94. The number of amides is 1. The lowest BCUT2D eigenvalue weighted by molar-refractivity contribution is -0.302. The Labute approximate surface area is 145 Å². The minimum Gasteiger partial charge on any atom is -0.360 e. The maximum absolute atomic E-state index is 12.4. The van der Waals surface area contributed by atoms with Gasteiger partial charge in [-0.2, -0.15) is 0 Å². The van der Waals surface area contributed by atoms with Gasteiger partial charge in [0.1, 0.15) is 0 Å². The van der Waals surface area contributed by atoms with Gasteiger partial charge in [0, 0.05) is 35.1 Å². The highest BCUT2D eigenvalue weighted by atomic mass is 32.2. The summed E-state index contributed by atoms with van der Waals surface area (Å²) in [4.78, 5) is 18.7. The summed E-state index contributed by atoms with van der Waals surface area (Å²) in [6.45, 7) is 6.66. The molecule has 2 saturated heterocycles. The van der Waals surface area contributed by atoms with Crippen molar-refractivity contribution in [3.63, 3.8) is 0 Å². The van der Waals surface area contributed by atoms with Crippen molar-refractivity contribution in [2.24, 2.45) is 5.41 Å². The fourth-order valence-corrected chi connectivity index (χ4v) is 4.19. The average molecular weight is 346 g/mol. The largest absolute Gasteiger partial charge is 0.360 e. The summed E-state index contributed by atoms with van der Waals surface area (Å²) in [5.41, 5.74) is 1.10. The van der Waals surface area contributed by atoms with Crippen molar-refractivity contribution in [3.05, 3.63) is 30.5 Å². The molecule has 0 unspecified atom stereocenters. The number of ether oxygens (including phenoxy) is 2. The summed E-state index contributed by atoms with van der Waals surface area (Å²) in [7, 11) is 0. The van der Waals surface area contributed by atoms with Crippen LogP contribution >= 0.6 is 11.8 Å². The van der Waals surface area contributed by atoms with Crippen molar-refractivity contribution in [2.45, 2.75) is 24.5 Å². The molecule has 5 nitrogen and oxygen atoms in total. The highest BCUT2D eigenvalue weighted by Crippen LogP contribution is 2.38. The zero-order valence-corrected chi connectivity index (χ0v) is 14.8. The van der Waals surface area contributed by atoms with E-state index in [2.05, 4.69) is 11.1 Å². The number of carbonyl (C=O) groups is 1. The third-order valence-corrected chi connectivity index (χ3v) is 5.80. The van der Waals surface area contributed by atoms with Gasteiger partial charge in [-0.15, -0.1) is 11.8 Å². The lowest BCUT2D eigenvalue weighted by Crippen LogP contribution is -2.66. The van der Waals surface area contributed by atoms with Gasteiger partial charge in [-0.25, -0.2) is 0 Å². The number of H-pyrrole nitrogens is 1. The van der Waals surface area contributed by atoms with Crippen molar-refractivity contribution in [3.8, 4) is 0 Å². The maximum Gasteiger partial charge on any atom is 0.232 e. The highest BCUT2D eigenvalue weighted by Gasteiger charge is 2.49. The topological polar surface area (TPSA) is 54.6 Å². The Kier molecular flexibility index (Phi) is 3.86. The Balaban J connectivity index is 1.31. The van der Waals surface area contributed by atoms with Crippen LogP contribution in [0.15, 0.2) is 35.4 Å². The highest BCUT2D eigenvalue weighted by molar-refractivity contribution is 8.00. The second kappa shape index (κ2) is 5.79. The molecule has 1 spiro atoms. The first kappa shape index (κ1) is 16.0. The van der Waals surface area contributed by atoms with E-state index in [0.29, 0.717) is 19.0 Å². The SMILES string of the molecule is CC1(C)OCC2(CO1)CN(C(=O)CSc1c[nH]c3ccccc13)C2. The molecule has 24 heavy (non-hydrogen) atoms. The van der Waals surface area contributed by atoms with Crippen molar-refractivity contribution >= 4 is 28.6 Å². The molecular weight excluding hydrogens is 324 g/mol. The van der Waals surface area contributed by atoms with Gasteiger partial charge in [-0.05, 0) is 19.9 Å². The van der Waals surface area contributed by atoms with E-state index in [4.69, 9.17) is 9.47 Å². The lowest BCUT2D eigenvalue weighted by Gasteiger charge is -2.54. The summed E-state index contributed by atoms with van der Waals surface area (Å²) in [6.07, 6.45) is 1.98. The van der Waals surface area contributed by atoms with E-state index in [1.54, 1.807) is 11.8 Å². The van der Waals surface area contributed by atoms with Crippen LogP contribution in [-0.2, 0) is 14.3 Å². The number of fused-ring (bicyclic) bond motifs is 1. The van der Waals surface area contributed by atoms with Gasteiger partial charge in [0.05, 0.1) is 24.4 Å². The van der Waals surface area contributed by atoms with Crippen LogP contribution in [0.2, 0.25) is 0 Å². The second-order valence-corrected chi connectivity index (χ2v) is 8.23. The molecule has 0 bridgehead atoms. The number of nitrogens with zero attached hydrogens (tertiary/aromatic N) is 1. The number of hydrogen-bond donors (Lipinski definition) is 1. The van der Waals surface area contributed by atoms with Crippen LogP contribution < -0.4 is 0 Å². The van der Waals surface area contributed by atoms with Crippen LogP contribution in [0.5, 0.6) is 0 Å². The molecule has 1 aromatic carbocycles. The number of rotatable bonds is 3. The normalized spacial score (nSPS) is 21.8. The zero-order valence-electron chi connectivity index (χ0n) is 14.0. The van der Waals surface area contributed by atoms with E-state index in [-0.39, 0.29) is 11.3 Å². The van der Waals surface area contributed by atoms with Gasteiger partial charge in [0.2, 0.25) is 5.91 Å². The van der Waals surface area contributed by atoms with Crippen molar-refractivity contribution in [2.75, 3.05) is 32.1 Å². The molecule has 0 saturated carbocycles. The summed E-state index contributed by atoms with van der Waals surface area (Å²) >= 11 is 1.59. The Bertz CT molecular complexity index is 752. The minimum absolute atomic E-state index is 0.00335. The summed E-state index contributed by atoms with van der Waals surface area (Å²) in [5, 5.41) is 1.17. The number of hydrogen-bond acceptors (Lipinski definition) is 4. The lowest BCUT2D eigenvalue weighted by atomic mass is 9.80. The molecule has 2 aliphatic heterocycles. The molecular formula is C18H22N2O3S. The quantitative estimate of drug-likeness (QED) is 0.869. The van der Waals surface area contributed by atoms with Crippen LogP contribution in [0.4, 0.5) is 0 Å². The van der Waals surface area contributed by atoms with E-state index >= 15 is 0 Å². The first-order chi connectivity index (χ1) is 11.5. The number of carbonyl (C=O) groups excluding carboxylic acids is 1. The maximum atomic E-state index is 12.4. The minimum atomic E-state index is -0.499. The molecule has 1 amide bonds. The van der Waals surface area contributed by atoms with Gasteiger partial charge in [0.25, 0.3) is 0 Å². The molecule has 6 heteroatoms. The van der Waals surface area contributed by atoms with Gasteiger partial charge in [-0.1, -0.05) is 18.2 Å². The van der Waals surface area contributed by atoms with Crippen LogP contribution in [0, 0.1) is 5.41 Å². The smallest absolute Gasteiger partial charge is 0.232 e. The second-order valence-electron chi connectivity index (χ2n) is 7.21. The monoisotopic (exact) mass is 346 g/mol. The third kappa shape index (κ3) is 2.94. The number of likely N-dealkylation sites (tertiary alicyclic amines) is 1. The molecule has 0 aliphatic carbocycles. The van der Waals surface area contributed by atoms with Gasteiger partial charge < -0.3 is 19.4 Å². The first-order valence-corrected chi connectivity index (χ1v) is 9.20. The predicted molar refractivity (Wildman–Crippen MR) is 94.0 cm³/mol. The number of nitrogens with one attached hydrogen (secondary N) is 1. The molecule has 2 aromatic rings. The number of benzene rings is 1. The Morgan fingerprint density at radius 3 is 2.71 bits per heavy atom. The van der Waals surface area contributed by atoms with Crippen molar-refractivity contribution in [1.82, 2.24) is 9.88 Å². The molecule has 2 fully saturated rings. The van der Waals surface area contributed by atoms with Crippen LogP contribution in [-0.4, -0.2) is 53.6 Å². The van der Waals surface area contributed by atoms with Crippen molar-refractivity contribution in [1.29, 1.82) is 0 Å². The van der Waals surface area contributed by atoms with Crippen LogP contribution in [0.3, 0.4) is 0 Å². The van der Waals surface area contributed by atoms with E-state index in [0.717, 1.165) is 23.5 Å². The molecule has 1 aromatic heterocycles. The van der Waals surface area contributed by atoms with Crippen LogP contribution in [0.1, 0.15) is 13.8 Å². The van der Waals surface area contributed by atoms with E-state index < -0.39 is 5.79 Å². The standard InChI is InChI=1S/C18H22N2O3S/c1-17(2)22-11-18(12-23-17)9-20(10-18)16(21)8-24-15-7-19-14-6-4-3-5-13(14)15/h3-7,19H,8-12H2,1-2H3. The Morgan fingerprint density at radius 1 is 1.25 bits per heavy atom. The molecule has 4 rings (SSSR count). The predicted octanol–water partition coefficient (Wildman–Crippen LogP) is 2.87. The molecule has 128 valence electrons. The molecule has 0 atom stereocenters. The third-order valence-electron chi connectivity index (χ3n) is 4.76. The van der Waals surface area contributed by atoms with E-state index in [9.17, 15) is 4.79 Å². The van der Waals surface area contributed by atoms with Gasteiger partial charge >= 0.3 is 0 Å². The number of thioether (sulfide) groups is 1. The van der Waals surface area contributed by atoms with Crippen molar-refractivity contribution < 1.29 is 14.3 Å². The molecule has 1 N–H and O–H groups in total. The zero-order chi connectivity index (χ0) is 16.8. The molecule has 0 radical (unpaired) electrons. The number of aromatic nitrogens is 1. The summed E-state index contributed by atoms with van der Waals surface area (Å²) < 4.78 is 11.5.